The van der Waals surface area contributed by atoms with Crippen LogP contribution in [0.1, 0.15) is 29.5 Å². The van der Waals surface area contributed by atoms with E-state index in [1.807, 2.05) is 32.0 Å². The Balaban J connectivity index is 1.86. The van der Waals surface area contributed by atoms with Crippen molar-refractivity contribution < 1.29 is 9.59 Å². The molecule has 112 valence electrons. The molecule has 0 saturated carbocycles. The van der Waals surface area contributed by atoms with Gasteiger partial charge in [0.2, 0.25) is 0 Å². The molecule has 2 fully saturated rings. The van der Waals surface area contributed by atoms with E-state index in [1.54, 1.807) is 0 Å². The highest BCUT2D eigenvalue weighted by Crippen LogP contribution is 2.27. The van der Waals surface area contributed by atoms with Crippen molar-refractivity contribution in [2.45, 2.75) is 38.8 Å². The maximum Gasteiger partial charge on any atom is 0.325 e. The fourth-order valence-electron chi connectivity index (χ4n) is 3.27. The van der Waals surface area contributed by atoms with Crippen LogP contribution in [0.25, 0.3) is 0 Å². The van der Waals surface area contributed by atoms with Crippen molar-refractivity contribution in [2.24, 2.45) is 0 Å². The minimum atomic E-state index is -0.730. The van der Waals surface area contributed by atoms with Crippen LogP contribution in [0.3, 0.4) is 0 Å². The zero-order chi connectivity index (χ0) is 15.0. The fourth-order valence-corrected chi connectivity index (χ4v) is 3.27. The Morgan fingerprint density at radius 3 is 2.57 bits per heavy atom. The molecule has 1 aromatic rings. The number of nitrogens with one attached hydrogen (secondary N) is 2. The number of aryl methyl sites for hydroxylation is 2. The number of urea groups is 1. The van der Waals surface area contributed by atoms with Crippen LogP contribution < -0.4 is 10.6 Å². The first-order valence-electron chi connectivity index (χ1n) is 7.43. The lowest BCUT2D eigenvalue weighted by Crippen LogP contribution is -2.57. The summed E-state index contributed by atoms with van der Waals surface area (Å²) in [7, 11) is 0. The van der Waals surface area contributed by atoms with E-state index in [1.165, 1.54) is 4.90 Å². The van der Waals surface area contributed by atoms with Crippen LogP contribution in [-0.4, -0.2) is 35.5 Å². The average molecular weight is 287 g/mol. The van der Waals surface area contributed by atoms with Crippen LogP contribution in [0, 0.1) is 13.8 Å². The highest BCUT2D eigenvalue weighted by molar-refractivity contribution is 6.07. The molecule has 3 amide bonds. The quantitative estimate of drug-likeness (QED) is 0.810. The highest BCUT2D eigenvalue weighted by Gasteiger charge is 2.51. The van der Waals surface area contributed by atoms with Gasteiger partial charge in [0.05, 0.1) is 6.54 Å². The Morgan fingerprint density at radius 1 is 1.24 bits per heavy atom. The molecule has 0 aliphatic carbocycles. The molecule has 2 saturated heterocycles. The second-order valence-corrected chi connectivity index (χ2v) is 6.05. The lowest BCUT2D eigenvalue weighted by Gasteiger charge is -2.31. The van der Waals surface area contributed by atoms with Crippen LogP contribution in [0.15, 0.2) is 18.2 Å². The predicted octanol–water partition coefficient (Wildman–Crippen LogP) is 1.48. The first kappa shape index (κ1) is 14.1. The summed E-state index contributed by atoms with van der Waals surface area (Å²) in [6.07, 6.45) is 1.62. The summed E-state index contributed by atoms with van der Waals surface area (Å²) in [4.78, 5) is 26.3. The molecule has 0 aromatic heterocycles. The van der Waals surface area contributed by atoms with E-state index < -0.39 is 5.54 Å². The Labute approximate surface area is 124 Å². The molecule has 1 unspecified atom stereocenters. The molecule has 0 radical (unpaired) electrons. The first-order chi connectivity index (χ1) is 10.0. The van der Waals surface area contributed by atoms with Crippen LogP contribution in [0.2, 0.25) is 0 Å². The van der Waals surface area contributed by atoms with Gasteiger partial charge in [-0.15, -0.1) is 0 Å². The molecule has 1 spiro atoms. The van der Waals surface area contributed by atoms with Crippen molar-refractivity contribution >= 4 is 11.9 Å². The van der Waals surface area contributed by atoms with Gasteiger partial charge in [-0.25, -0.2) is 4.79 Å². The number of imide groups is 1. The molecule has 0 bridgehead atoms. The zero-order valence-corrected chi connectivity index (χ0v) is 12.5. The molecular weight excluding hydrogens is 266 g/mol. The molecule has 21 heavy (non-hydrogen) atoms. The van der Waals surface area contributed by atoms with Crippen molar-refractivity contribution in [1.29, 1.82) is 0 Å². The summed E-state index contributed by atoms with van der Waals surface area (Å²) in [5.74, 6) is -0.0950. The molecule has 5 nitrogen and oxygen atoms in total. The van der Waals surface area contributed by atoms with Gasteiger partial charge in [-0.1, -0.05) is 18.2 Å². The number of piperidine rings is 1. The van der Waals surface area contributed by atoms with E-state index in [9.17, 15) is 9.59 Å². The minimum absolute atomic E-state index is 0.0950. The Bertz CT molecular complexity index is 571. The lowest BCUT2D eigenvalue weighted by atomic mass is 9.90. The van der Waals surface area contributed by atoms with Gasteiger partial charge >= 0.3 is 6.03 Å². The lowest BCUT2D eigenvalue weighted by molar-refractivity contribution is -0.132. The number of rotatable bonds is 2. The summed E-state index contributed by atoms with van der Waals surface area (Å²) < 4.78 is 0. The predicted molar refractivity (Wildman–Crippen MR) is 79.8 cm³/mol. The fraction of sp³-hybridized carbons (Fsp3) is 0.500. The third-order valence-electron chi connectivity index (χ3n) is 4.59. The molecule has 2 aliphatic heterocycles. The van der Waals surface area contributed by atoms with Crippen molar-refractivity contribution in [1.82, 2.24) is 15.5 Å². The monoisotopic (exact) mass is 287 g/mol. The van der Waals surface area contributed by atoms with Crippen LogP contribution >= 0.6 is 0 Å². The second kappa shape index (κ2) is 5.15. The highest BCUT2D eigenvalue weighted by atomic mass is 16.2. The SMILES string of the molecule is Cc1cccc(C)c1CN1C(=O)NC2(CCCNC2)C1=O. The van der Waals surface area contributed by atoms with Crippen molar-refractivity contribution in [3.63, 3.8) is 0 Å². The Kier molecular flexibility index (Phi) is 3.45. The molecule has 2 aliphatic rings. The van der Waals surface area contributed by atoms with Crippen LogP contribution in [0.4, 0.5) is 4.79 Å². The zero-order valence-electron chi connectivity index (χ0n) is 12.5. The topological polar surface area (TPSA) is 61.4 Å². The maximum absolute atomic E-state index is 12.7. The van der Waals surface area contributed by atoms with E-state index in [0.717, 1.165) is 29.7 Å². The Morgan fingerprint density at radius 2 is 1.95 bits per heavy atom. The van der Waals surface area contributed by atoms with E-state index in [4.69, 9.17) is 0 Å². The number of nitrogens with zero attached hydrogens (tertiary/aromatic N) is 1. The minimum Gasteiger partial charge on any atom is -0.322 e. The third kappa shape index (κ3) is 2.31. The maximum atomic E-state index is 12.7. The number of benzene rings is 1. The van der Waals surface area contributed by atoms with Crippen molar-refractivity contribution in [3.8, 4) is 0 Å². The number of hydrogen-bond donors (Lipinski definition) is 2. The number of hydrogen-bond acceptors (Lipinski definition) is 3. The summed E-state index contributed by atoms with van der Waals surface area (Å²) in [6, 6.07) is 5.75. The van der Waals surface area contributed by atoms with E-state index in [2.05, 4.69) is 10.6 Å². The summed E-state index contributed by atoms with van der Waals surface area (Å²) >= 11 is 0. The van der Waals surface area contributed by atoms with Gasteiger partial charge in [-0.3, -0.25) is 9.69 Å². The van der Waals surface area contributed by atoms with Gasteiger partial charge in [0.25, 0.3) is 5.91 Å². The van der Waals surface area contributed by atoms with Gasteiger partial charge in [-0.2, -0.15) is 0 Å². The van der Waals surface area contributed by atoms with Crippen LogP contribution in [0.5, 0.6) is 0 Å². The first-order valence-corrected chi connectivity index (χ1v) is 7.43. The van der Waals surface area contributed by atoms with Gasteiger partial charge in [0.1, 0.15) is 5.54 Å². The van der Waals surface area contributed by atoms with E-state index in [-0.39, 0.29) is 11.9 Å². The Hall–Kier alpha value is -1.88. The largest absolute Gasteiger partial charge is 0.325 e. The normalized spacial score (nSPS) is 25.5. The smallest absolute Gasteiger partial charge is 0.322 e. The summed E-state index contributed by atoms with van der Waals surface area (Å²) in [6.45, 7) is 5.81. The number of amides is 3. The third-order valence-corrected chi connectivity index (χ3v) is 4.59. The summed E-state index contributed by atoms with van der Waals surface area (Å²) in [5.41, 5.74) is 2.55. The van der Waals surface area contributed by atoms with Gasteiger partial charge in [0.15, 0.2) is 0 Å². The standard InChI is InChI=1S/C16H21N3O2/c1-11-5-3-6-12(2)13(11)9-19-14(20)16(18-15(19)21)7-4-8-17-10-16/h3,5-6,17H,4,7-10H2,1-2H3,(H,18,21). The van der Waals surface area contributed by atoms with Crippen molar-refractivity contribution in [3.05, 3.63) is 34.9 Å². The molecule has 1 atom stereocenters. The van der Waals surface area contributed by atoms with Crippen LogP contribution in [-0.2, 0) is 11.3 Å². The second-order valence-electron chi connectivity index (χ2n) is 6.05. The van der Waals surface area contributed by atoms with Gasteiger partial charge in [0, 0.05) is 6.54 Å². The van der Waals surface area contributed by atoms with E-state index >= 15 is 0 Å². The molecule has 2 heterocycles. The molecule has 3 rings (SSSR count). The average Bonchev–Trinajstić information content (AvgIpc) is 2.67. The van der Waals surface area contributed by atoms with Crippen molar-refractivity contribution in [2.75, 3.05) is 13.1 Å². The molecule has 1 aromatic carbocycles. The number of carbonyl (C=O) groups excluding carboxylic acids is 2. The summed E-state index contributed by atoms with van der Waals surface area (Å²) in [5, 5.41) is 6.12. The number of carbonyl (C=O) groups is 2. The van der Waals surface area contributed by atoms with E-state index in [0.29, 0.717) is 19.5 Å². The van der Waals surface area contributed by atoms with Gasteiger partial charge in [-0.05, 0) is 49.9 Å². The van der Waals surface area contributed by atoms with Gasteiger partial charge < -0.3 is 10.6 Å². The molecule has 5 heteroatoms. The molecule has 2 N–H and O–H groups in total. The molecular formula is C16H21N3O2.